The minimum absolute atomic E-state index is 0.239. The molecule has 0 atom stereocenters. The van der Waals surface area contributed by atoms with Gasteiger partial charge < -0.3 is 5.73 Å². The number of halogens is 1. The van der Waals surface area contributed by atoms with Crippen LogP contribution < -0.4 is 5.73 Å². The van der Waals surface area contributed by atoms with Crippen molar-refractivity contribution in [3.05, 3.63) is 57.5 Å². The van der Waals surface area contributed by atoms with Crippen LogP contribution in [0.1, 0.15) is 22.9 Å². The Balaban J connectivity index is 2.10. The summed E-state index contributed by atoms with van der Waals surface area (Å²) in [5.74, 6) is 5.19. The highest BCUT2D eigenvalue weighted by Gasteiger charge is 2.08. The van der Waals surface area contributed by atoms with E-state index >= 15 is 0 Å². The number of hydrogen-bond acceptors (Lipinski definition) is 3. The molecule has 0 aliphatic rings. The van der Waals surface area contributed by atoms with Crippen LogP contribution in [0.15, 0.2) is 35.7 Å². The van der Waals surface area contributed by atoms with Gasteiger partial charge in [0, 0.05) is 18.0 Å². The molecule has 0 aliphatic heterocycles. The van der Waals surface area contributed by atoms with E-state index in [4.69, 9.17) is 5.73 Å². The van der Waals surface area contributed by atoms with Gasteiger partial charge in [0.2, 0.25) is 0 Å². The smallest absolute Gasteiger partial charge is 0.138 e. The van der Waals surface area contributed by atoms with Gasteiger partial charge >= 0.3 is 0 Å². The summed E-state index contributed by atoms with van der Waals surface area (Å²) < 4.78 is 13.7. The van der Waals surface area contributed by atoms with Gasteiger partial charge in [-0.05, 0) is 35.7 Å². The molecule has 0 amide bonds. The van der Waals surface area contributed by atoms with Crippen LogP contribution in [0.25, 0.3) is 0 Å². The van der Waals surface area contributed by atoms with Crippen LogP contribution in [0.4, 0.5) is 4.39 Å². The molecule has 0 saturated heterocycles. The highest BCUT2D eigenvalue weighted by molar-refractivity contribution is 7.09. The summed E-state index contributed by atoms with van der Waals surface area (Å²) in [7, 11) is 0. The van der Waals surface area contributed by atoms with E-state index in [1.165, 1.54) is 10.9 Å². The summed E-state index contributed by atoms with van der Waals surface area (Å²) in [5, 5.41) is 2.08. The lowest BCUT2D eigenvalue weighted by Crippen LogP contribution is -2.21. The maximum Gasteiger partial charge on any atom is 0.138 e. The molecule has 0 radical (unpaired) electrons. The van der Waals surface area contributed by atoms with E-state index in [2.05, 4.69) is 41.2 Å². The van der Waals surface area contributed by atoms with E-state index in [-0.39, 0.29) is 12.4 Å². The summed E-state index contributed by atoms with van der Waals surface area (Å²) >= 11 is 1.76. The molecule has 2 rings (SSSR count). The van der Waals surface area contributed by atoms with Crippen molar-refractivity contribution in [2.24, 2.45) is 5.73 Å². The summed E-state index contributed by atoms with van der Waals surface area (Å²) in [6.45, 7) is 5.01. The van der Waals surface area contributed by atoms with Crippen LogP contribution >= 0.6 is 11.3 Å². The molecule has 0 unspecified atom stereocenters. The number of nitrogens with zero attached hydrogens (tertiary/aromatic N) is 1. The van der Waals surface area contributed by atoms with Gasteiger partial charge in [-0.25, -0.2) is 4.39 Å². The van der Waals surface area contributed by atoms with Crippen molar-refractivity contribution in [2.45, 2.75) is 20.0 Å². The second-order valence-corrected chi connectivity index (χ2v) is 5.73. The van der Waals surface area contributed by atoms with Gasteiger partial charge in [0.05, 0.1) is 12.1 Å². The second-order valence-electron chi connectivity index (χ2n) is 4.70. The third-order valence-electron chi connectivity index (χ3n) is 3.17. The Kier molecular flexibility index (Phi) is 5.94. The monoisotopic (exact) mass is 302 g/mol. The molecule has 110 valence electrons. The molecule has 2 aromatic rings. The Bertz CT molecular complexity index is 626. The van der Waals surface area contributed by atoms with Gasteiger partial charge in [-0.2, -0.15) is 0 Å². The van der Waals surface area contributed by atoms with E-state index in [0.717, 1.165) is 25.2 Å². The van der Waals surface area contributed by atoms with E-state index < -0.39 is 0 Å². The molecule has 1 aromatic carbocycles. The maximum atomic E-state index is 13.7. The summed E-state index contributed by atoms with van der Waals surface area (Å²) in [5.41, 5.74) is 6.83. The Morgan fingerprint density at radius 3 is 2.81 bits per heavy atom. The normalized spacial score (nSPS) is 10.5. The first-order chi connectivity index (χ1) is 10.2. The molecule has 0 spiro atoms. The van der Waals surface area contributed by atoms with Gasteiger partial charge in [0.25, 0.3) is 0 Å². The Hall–Kier alpha value is -1.67. The zero-order chi connectivity index (χ0) is 15.1. The van der Waals surface area contributed by atoms with Gasteiger partial charge in [-0.15, -0.1) is 11.3 Å². The SMILES string of the molecule is CCN(Cc1ccc(F)c(C#CCN)c1)Cc1cccs1. The van der Waals surface area contributed by atoms with Crippen molar-refractivity contribution in [2.75, 3.05) is 13.1 Å². The molecule has 0 fully saturated rings. The third-order valence-corrected chi connectivity index (χ3v) is 4.03. The quantitative estimate of drug-likeness (QED) is 0.859. The first-order valence-electron chi connectivity index (χ1n) is 6.95. The fourth-order valence-corrected chi connectivity index (χ4v) is 2.82. The molecule has 2 nitrogen and oxygen atoms in total. The first-order valence-corrected chi connectivity index (χ1v) is 7.83. The summed E-state index contributed by atoms with van der Waals surface area (Å²) in [6.07, 6.45) is 0. The lowest BCUT2D eigenvalue weighted by Gasteiger charge is -2.19. The molecule has 21 heavy (non-hydrogen) atoms. The molecule has 1 heterocycles. The number of benzene rings is 1. The number of hydrogen-bond donors (Lipinski definition) is 1. The minimum Gasteiger partial charge on any atom is -0.320 e. The molecular formula is C17H19FN2S. The third kappa shape index (κ3) is 4.68. The van der Waals surface area contributed by atoms with Crippen molar-refractivity contribution in [1.82, 2.24) is 4.90 Å². The molecule has 4 heteroatoms. The van der Waals surface area contributed by atoms with Crippen LogP contribution in [0.5, 0.6) is 0 Å². The number of thiophene rings is 1. The van der Waals surface area contributed by atoms with E-state index in [0.29, 0.717) is 5.56 Å². The van der Waals surface area contributed by atoms with Crippen LogP contribution in [0.3, 0.4) is 0 Å². The molecule has 0 bridgehead atoms. The van der Waals surface area contributed by atoms with E-state index in [1.807, 2.05) is 12.1 Å². The number of rotatable bonds is 5. The highest BCUT2D eigenvalue weighted by Crippen LogP contribution is 2.16. The topological polar surface area (TPSA) is 29.3 Å². The minimum atomic E-state index is -0.291. The Labute approximate surface area is 129 Å². The highest BCUT2D eigenvalue weighted by atomic mass is 32.1. The van der Waals surface area contributed by atoms with Crippen molar-refractivity contribution in [3.63, 3.8) is 0 Å². The average molecular weight is 302 g/mol. The van der Waals surface area contributed by atoms with Crippen LogP contribution in [0, 0.1) is 17.7 Å². The van der Waals surface area contributed by atoms with E-state index in [9.17, 15) is 4.39 Å². The zero-order valence-corrected chi connectivity index (χ0v) is 12.9. The lowest BCUT2D eigenvalue weighted by molar-refractivity contribution is 0.274. The maximum absolute atomic E-state index is 13.7. The summed E-state index contributed by atoms with van der Waals surface area (Å²) in [4.78, 5) is 3.65. The summed E-state index contributed by atoms with van der Waals surface area (Å²) in [6, 6.07) is 9.31. The molecule has 0 aliphatic carbocycles. The van der Waals surface area contributed by atoms with E-state index in [1.54, 1.807) is 11.3 Å². The predicted octanol–water partition coefficient (Wildman–Crippen LogP) is 3.22. The average Bonchev–Trinajstić information content (AvgIpc) is 3.00. The van der Waals surface area contributed by atoms with Gasteiger partial charge in [0.1, 0.15) is 5.82 Å². The van der Waals surface area contributed by atoms with Crippen LogP contribution in [-0.2, 0) is 13.1 Å². The molecular weight excluding hydrogens is 283 g/mol. The number of nitrogens with two attached hydrogens (primary N) is 1. The van der Waals surface area contributed by atoms with Gasteiger partial charge in [0.15, 0.2) is 0 Å². The predicted molar refractivity (Wildman–Crippen MR) is 86.4 cm³/mol. The molecule has 2 N–H and O–H groups in total. The lowest BCUT2D eigenvalue weighted by atomic mass is 10.1. The van der Waals surface area contributed by atoms with Crippen molar-refractivity contribution in [1.29, 1.82) is 0 Å². The van der Waals surface area contributed by atoms with Crippen molar-refractivity contribution in [3.8, 4) is 11.8 Å². The second kappa shape index (κ2) is 7.94. The molecule has 0 saturated carbocycles. The Morgan fingerprint density at radius 1 is 1.29 bits per heavy atom. The first kappa shape index (κ1) is 15.7. The fourth-order valence-electron chi connectivity index (χ4n) is 2.07. The van der Waals surface area contributed by atoms with Gasteiger partial charge in [-0.1, -0.05) is 30.9 Å². The molecule has 1 aromatic heterocycles. The van der Waals surface area contributed by atoms with Crippen LogP contribution in [-0.4, -0.2) is 18.0 Å². The largest absolute Gasteiger partial charge is 0.320 e. The Morgan fingerprint density at radius 2 is 2.14 bits per heavy atom. The fraction of sp³-hybridized carbons (Fsp3) is 0.294. The van der Waals surface area contributed by atoms with Crippen molar-refractivity contribution >= 4 is 11.3 Å². The zero-order valence-electron chi connectivity index (χ0n) is 12.1. The van der Waals surface area contributed by atoms with Gasteiger partial charge in [-0.3, -0.25) is 4.90 Å². The standard InChI is InChI=1S/C17H19FN2S/c1-2-20(13-16-6-4-10-21-16)12-14-7-8-17(18)15(11-14)5-3-9-19/h4,6-8,10-11H,2,9,12-13,19H2,1H3. The van der Waals surface area contributed by atoms with Crippen LogP contribution in [0.2, 0.25) is 0 Å². The van der Waals surface area contributed by atoms with Crippen molar-refractivity contribution < 1.29 is 4.39 Å².